The van der Waals surface area contributed by atoms with Crippen LogP contribution in [-0.2, 0) is 10.0 Å². The van der Waals surface area contributed by atoms with Gasteiger partial charge in [-0.3, -0.25) is 0 Å². The molecule has 0 aromatic carbocycles. The van der Waals surface area contributed by atoms with E-state index in [1.54, 1.807) is 4.31 Å². The van der Waals surface area contributed by atoms with Gasteiger partial charge in [-0.2, -0.15) is 0 Å². The Balaban J connectivity index is 2.58. The minimum absolute atomic E-state index is 0.0671. The molecule has 0 bridgehead atoms. The van der Waals surface area contributed by atoms with Crippen molar-refractivity contribution in [2.24, 2.45) is 16.6 Å². The normalized spacial score (nSPS) is 22.7. The molecule has 1 aliphatic heterocycles. The molecule has 1 rings (SSSR count). The van der Waals surface area contributed by atoms with Gasteiger partial charge in [-0.15, -0.1) is 0 Å². The van der Waals surface area contributed by atoms with Crippen LogP contribution in [0.2, 0.25) is 0 Å². The first-order chi connectivity index (χ1) is 8.97. The average Bonchev–Trinajstić information content (AvgIpc) is 2.26. The molecule has 0 amide bonds. The SMILES string of the molecule is CCC1(C)CCN(S(=O)(=O)CC(N)CC(C)(C)C)CC1. The van der Waals surface area contributed by atoms with E-state index >= 15 is 0 Å². The van der Waals surface area contributed by atoms with Gasteiger partial charge in [-0.05, 0) is 30.1 Å². The Hall–Kier alpha value is -0.130. The second-order valence-electron chi connectivity index (χ2n) is 7.87. The third-order valence-corrected chi connectivity index (χ3v) is 6.48. The van der Waals surface area contributed by atoms with Crippen molar-refractivity contribution < 1.29 is 8.42 Å². The molecule has 0 aromatic heterocycles. The van der Waals surface area contributed by atoms with Gasteiger partial charge >= 0.3 is 0 Å². The van der Waals surface area contributed by atoms with E-state index in [0.29, 0.717) is 18.5 Å². The molecule has 0 saturated carbocycles. The monoisotopic (exact) mass is 304 g/mol. The fourth-order valence-corrected chi connectivity index (χ4v) is 4.49. The molecule has 0 aliphatic carbocycles. The van der Waals surface area contributed by atoms with Gasteiger partial charge in [0.05, 0.1) is 5.75 Å². The Morgan fingerprint density at radius 1 is 1.25 bits per heavy atom. The summed E-state index contributed by atoms with van der Waals surface area (Å²) in [6.07, 6.45) is 3.76. The Morgan fingerprint density at radius 2 is 1.75 bits per heavy atom. The first-order valence-electron chi connectivity index (χ1n) is 7.71. The zero-order chi connectivity index (χ0) is 15.6. The van der Waals surface area contributed by atoms with Crippen LogP contribution < -0.4 is 5.73 Å². The Morgan fingerprint density at radius 3 is 2.15 bits per heavy atom. The van der Waals surface area contributed by atoms with Gasteiger partial charge in [0.2, 0.25) is 10.0 Å². The Kier molecular flexibility index (Phi) is 5.67. The summed E-state index contributed by atoms with van der Waals surface area (Å²) in [5.41, 5.74) is 6.40. The van der Waals surface area contributed by atoms with Gasteiger partial charge in [-0.25, -0.2) is 12.7 Å². The Bertz CT molecular complexity index is 404. The molecule has 0 radical (unpaired) electrons. The number of sulfonamides is 1. The highest BCUT2D eigenvalue weighted by molar-refractivity contribution is 7.89. The third kappa shape index (κ3) is 5.34. The summed E-state index contributed by atoms with van der Waals surface area (Å²) < 4.78 is 26.5. The summed E-state index contributed by atoms with van der Waals surface area (Å²) in [6.45, 7) is 12.0. The maximum Gasteiger partial charge on any atom is 0.215 e. The maximum atomic E-state index is 12.4. The van der Waals surface area contributed by atoms with Crippen LogP contribution in [0.4, 0.5) is 0 Å². The van der Waals surface area contributed by atoms with Crippen molar-refractivity contribution >= 4 is 10.0 Å². The van der Waals surface area contributed by atoms with Gasteiger partial charge in [0, 0.05) is 19.1 Å². The van der Waals surface area contributed by atoms with Crippen molar-refractivity contribution in [3.63, 3.8) is 0 Å². The van der Waals surface area contributed by atoms with E-state index in [9.17, 15) is 8.42 Å². The number of hydrogen-bond donors (Lipinski definition) is 1. The first-order valence-corrected chi connectivity index (χ1v) is 9.32. The number of nitrogens with zero attached hydrogens (tertiary/aromatic N) is 1. The fraction of sp³-hybridized carbons (Fsp3) is 1.00. The standard InChI is InChI=1S/C15H32N2O2S/c1-6-15(5)7-9-17(10-8-15)20(18,19)12-13(16)11-14(2,3)4/h13H,6-12,16H2,1-5H3. The summed E-state index contributed by atoms with van der Waals surface area (Å²) >= 11 is 0. The van der Waals surface area contributed by atoms with Crippen molar-refractivity contribution in [3.8, 4) is 0 Å². The second-order valence-corrected chi connectivity index (χ2v) is 9.88. The van der Waals surface area contributed by atoms with Gasteiger partial charge in [-0.1, -0.05) is 41.0 Å². The number of nitrogens with two attached hydrogens (primary N) is 1. The number of rotatable bonds is 5. The van der Waals surface area contributed by atoms with Gasteiger partial charge in [0.25, 0.3) is 0 Å². The van der Waals surface area contributed by atoms with Crippen LogP contribution in [-0.4, -0.2) is 37.6 Å². The summed E-state index contributed by atoms with van der Waals surface area (Å²) in [6, 6.07) is -0.278. The predicted octanol–water partition coefficient (Wildman–Crippen LogP) is 2.59. The van der Waals surface area contributed by atoms with Crippen LogP contribution >= 0.6 is 0 Å². The molecule has 1 fully saturated rings. The molecule has 1 unspecified atom stereocenters. The fourth-order valence-electron chi connectivity index (χ4n) is 2.88. The largest absolute Gasteiger partial charge is 0.327 e. The van der Waals surface area contributed by atoms with Gasteiger partial charge in [0.1, 0.15) is 0 Å². The molecule has 4 nitrogen and oxygen atoms in total. The van der Waals surface area contributed by atoms with E-state index in [4.69, 9.17) is 5.73 Å². The van der Waals surface area contributed by atoms with Crippen LogP contribution in [0.1, 0.15) is 60.3 Å². The van der Waals surface area contributed by atoms with E-state index in [0.717, 1.165) is 25.7 Å². The minimum Gasteiger partial charge on any atom is -0.327 e. The first kappa shape index (κ1) is 17.9. The average molecular weight is 305 g/mol. The summed E-state index contributed by atoms with van der Waals surface area (Å²) in [5.74, 6) is 0.0765. The second kappa shape index (κ2) is 6.32. The van der Waals surface area contributed by atoms with Crippen LogP contribution in [0, 0.1) is 10.8 Å². The molecular weight excluding hydrogens is 272 g/mol. The van der Waals surface area contributed by atoms with Crippen molar-refractivity contribution in [1.29, 1.82) is 0 Å². The molecule has 1 aliphatic rings. The van der Waals surface area contributed by atoms with E-state index in [2.05, 4.69) is 34.6 Å². The summed E-state index contributed by atoms with van der Waals surface area (Å²) in [4.78, 5) is 0. The molecule has 5 heteroatoms. The molecular formula is C15H32N2O2S. The summed E-state index contributed by atoms with van der Waals surface area (Å²) in [7, 11) is -3.21. The highest BCUT2D eigenvalue weighted by Gasteiger charge is 2.34. The van der Waals surface area contributed by atoms with Crippen molar-refractivity contribution in [2.45, 2.75) is 66.3 Å². The lowest BCUT2D eigenvalue weighted by Crippen LogP contribution is -2.46. The van der Waals surface area contributed by atoms with Crippen LogP contribution in [0.5, 0.6) is 0 Å². The van der Waals surface area contributed by atoms with Crippen molar-refractivity contribution in [3.05, 3.63) is 0 Å². The lowest BCUT2D eigenvalue weighted by Gasteiger charge is -2.38. The van der Waals surface area contributed by atoms with E-state index < -0.39 is 10.0 Å². The van der Waals surface area contributed by atoms with Crippen LogP contribution in [0.15, 0.2) is 0 Å². The lowest BCUT2D eigenvalue weighted by atomic mass is 9.79. The van der Waals surface area contributed by atoms with Crippen LogP contribution in [0.25, 0.3) is 0 Å². The molecule has 120 valence electrons. The zero-order valence-corrected chi connectivity index (χ0v) is 14.6. The molecule has 1 saturated heterocycles. The third-order valence-electron chi connectivity index (χ3n) is 4.48. The highest BCUT2D eigenvalue weighted by atomic mass is 32.2. The van der Waals surface area contributed by atoms with Crippen molar-refractivity contribution in [1.82, 2.24) is 4.31 Å². The van der Waals surface area contributed by atoms with E-state index in [-0.39, 0.29) is 17.2 Å². The quantitative estimate of drug-likeness (QED) is 0.849. The van der Waals surface area contributed by atoms with Gasteiger partial charge < -0.3 is 5.73 Å². The van der Waals surface area contributed by atoms with E-state index in [1.807, 2.05) is 0 Å². The zero-order valence-electron chi connectivity index (χ0n) is 13.8. The topological polar surface area (TPSA) is 63.4 Å². The molecule has 1 heterocycles. The minimum atomic E-state index is -3.21. The maximum absolute atomic E-state index is 12.4. The molecule has 0 aromatic rings. The number of piperidine rings is 1. The highest BCUT2D eigenvalue weighted by Crippen LogP contribution is 2.35. The van der Waals surface area contributed by atoms with E-state index in [1.165, 1.54) is 0 Å². The molecule has 1 atom stereocenters. The predicted molar refractivity (Wildman–Crippen MR) is 85.0 cm³/mol. The van der Waals surface area contributed by atoms with Gasteiger partial charge in [0.15, 0.2) is 0 Å². The number of hydrogen-bond acceptors (Lipinski definition) is 3. The Labute approximate surface area is 125 Å². The van der Waals surface area contributed by atoms with Crippen molar-refractivity contribution in [2.75, 3.05) is 18.8 Å². The lowest BCUT2D eigenvalue weighted by molar-refractivity contribution is 0.168. The smallest absolute Gasteiger partial charge is 0.215 e. The molecule has 0 spiro atoms. The molecule has 20 heavy (non-hydrogen) atoms. The van der Waals surface area contributed by atoms with Crippen LogP contribution in [0.3, 0.4) is 0 Å². The molecule has 2 N–H and O–H groups in total. The summed E-state index contributed by atoms with van der Waals surface area (Å²) in [5, 5.41) is 0.